The molecule has 0 bridgehead atoms. The molecular weight excluding hydrogens is 504 g/mol. The molecule has 2 aromatic heterocycles. The van der Waals surface area contributed by atoms with Crippen LogP contribution >= 0.6 is 0 Å². The Kier molecular flexibility index (Phi) is 7.88. The van der Waals surface area contributed by atoms with Crippen molar-refractivity contribution in [2.45, 2.75) is 11.9 Å². The molecule has 2 heterocycles. The van der Waals surface area contributed by atoms with Crippen LogP contribution in [-0.2, 0) is 30.2 Å². The van der Waals surface area contributed by atoms with Gasteiger partial charge in [0.05, 0.1) is 0 Å². The summed E-state index contributed by atoms with van der Waals surface area (Å²) in [5.41, 5.74) is 2.86. The van der Waals surface area contributed by atoms with Crippen molar-refractivity contribution >= 4 is 10.1 Å². The molecule has 0 amide bonds. The van der Waals surface area contributed by atoms with Gasteiger partial charge in [-0.25, -0.2) is 4.98 Å². The van der Waals surface area contributed by atoms with Gasteiger partial charge < -0.3 is 4.98 Å². The van der Waals surface area contributed by atoms with Gasteiger partial charge >= 0.3 is 10.1 Å². The van der Waals surface area contributed by atoms with Crippen LogP contribution in [0, 0.1) is 13.0 Å². The van der Waals surface area contributed by atoms with E-state index >= 15 is 0 Å². The fraction of sp³-hybridized carbons (Fsp3) is 0.0588. The molecule has 7 heteroatoms. The maximum Gasteiger partial charge on any atom is 0.312 e. The zero-order valence-electron chi connectivity index (χ0n) is 12.8. The Morgan fingerprint density at radius 2 is 1.75 bits per heavy atom. The van der Waals surface area contributed by atoms with Gasteiger partial charge in [-0.15, -0.1) is 35.9 Å². The minimum Gasteiger partial charge on any atom is -0.305 e. The van der Waals surface area contributed by atoms with E-state index in [-0.39, 0.29) is 25.1 Å². The summed E-state index contributed by atoms with van der Waals surface area (Å²) in [5, 5.41) is -0.317. The first-order valence-electron chi connectivity index (χ1n) is 6.75. The van der Waals surface area contributed by atoms with Gasteiger partial charge in [-0.05, 0) is 30.3 Å². The minimum absolute atomic E-state index is 0. The normalized spacial score (nSPS) is 10.1. The molecular formula is C17H15IrN2O3S-. The quantitative estimate of drug-likeness (QED) is 0.416. The molecule has 0 spiro atoms. The van der Waals surface area contributed by atoms with Crippen molar-refractivity contribution in [3.63, 3.8) is 0 Å². The first kappa shape index (κ1) is 20.1. The van der Waals surface area contributed by atoms with Gasteiger partial charge in [0, 0.05) is 32.5 Å². The molecule has 127 valence electrons. The number of aryl methyl sites for hydroxylation is 1. The fourth-order valence-electron chi connectivity index (χ4n) is 1.68. The zero-order valence-corrected chi connectivity index (χ0v) is 16.0. The van der Waals surface area contributed by atoms with Crippen molar-refractivity contribution in [2.75, 3.05) is 0 Å². The van der Waals surface area contributed by atoms with E-state index in [1.54, 1.807) is 19.2 Å². The Balaban J connectivity index is 0.000000232. The number of aromatic nitrogens is 2. The first-order chi connectivity index (χ1) is 11.0. The molecule has 0 saturated heterocycles. The summed E-state index contributed by atoms with van der Waals surface area (Å²) in [4.78, 5) is 7.73. The molecule has 3 aromatic rings. The number of nitrogens with zero attached hydrogens (tertiary/aromatic N) is 2. The third-order valence-electron chi connectivity index (χ3n) is 2.80. The molecule has 0 unspecified atom stereocenters. The van der Waals surface area contributed by atoms with E-state index in [0.29, 0.717) is 0 Å². The molecule has 0 aliphatic carbocycles. The maximum atomic E-state index is 10.4. The van der Waals surface area contributed by atoms with Crippen molar-refractivity contribution in [2.24, 2.45) is 0 Å². The minimum atomic E-state index is -4.13. The molecule has 3 rings (SSSR count). The monoisotopic (exact) mass is 520 g/mol. The molecule has 1 radical (unpaired) electrons. The average Bonchev–Trinajstić information content (AvgIpc) is 2.57. The molecule has 0 aliphatic rings. The fourth-order valence-corrected chi connectivity index (χ4v) is 2.11. The zero-order chi connectivity index (χ0) is 16.7. The second-order valence-electron chi connectivity index (χ2n) is 4.64. The van der Waals surface area contributed by atoms with Crippen LogP contribution in [0.4, 0.5) is 0 Å². The second-order valence-corrected chi connectivity index (χ2v) is 6.01. The second kappa shape index (κ2) is 9.39. The van der Waals surface area contributed by atoms with Gasteiger partial charge in [0.25, 0.3) is 0 Å². The number of rotatable bonds is 2. The Bertz CT molecular complexity index is 803. The Morgan fingerprint density at radius 3 is 2.25 bits per heavy atom. The third kappa shape index (κ3) is 6.29. The smallest absolute Gasteiger partial charge is 0.305 e. The summed E-state index contributed by atoms with van der Waals surface area (Å²) in [7, 11) is -4.13. The van der Waals surface area contributed by atoms with E-state index in [4.69, 9.17) is 4.55 Å². The van der Waals surface area contributed by atoms with Crippen LogP contribution in [0.15, 0.2) is 72.0 Å². The number of benzene rings is 1. The van der Waals surface area contributed by atoms with Crippen LogP contribution in [-0.4, -0.2) is 22.9 Å². The van der Waals surface area contributed by atoms with Crippen molar-refractivity contribution in [3.05, 3.63) is 78.6 Å². The van der Waals surface area contributed by atoms with E-state index in [1.165, 1.54) is 12.3 Å². The summed E-state index contributed by atoms with van der Waals surface area (Å²) in [6.45, 7) is 1.78. The Hall–Kier alpha value is -1.92. The number of hydrogen-bond acceptors (Lipinski definition) is 4. The van der Waals surface area contributed by atoms with Crippen molar-refractivity contribution < 1.29 is 33.1 Å². The summed E-state index contributed by atoms with van der Waals surface area (Å²) < 4.78 is 29.4. The van der Waals surface area contributed by atoms with Crippen LogP contribution in [0.1, 0.15) is 5.56 Å². The summed E-state index contributed by atoms with van der Waals surface area (Å²) in [6.07, 6.45) is 3.17. The van der Waals surface area contributed by atoms with Gasteiger partial charge in [0.1, 0.15) is 0 Å². The molecule has 1 aromatic carbocycles. The van der Waals surface area contributed by atoms with Crippen LogP contribution in [0.2, 0.25) is 0 Å². The largest absolute Gasteiger partial charge is 0.312 e. The topological polar surface area (TPSA) is 80.2 Å². The predicted molar refractivity (Wildman–Crippen MR) is 87.3 cm³/mol. The molecule has 5 nitrogen and oxygen atoms in total. The van der Waals surface area contributed by atoms with Crippen molar-refractivity contribution in [3.8, 4) is 11.3 Å². The number of pyridine rings is 2. The standard InChI is InChI=1S/C11H8N.C6H7NO3S.Ir/c1-2-6-10(7-3-1)11-8-4-5-9-12-11;1-5-2-3-6(7-4-5)11(8,9)10;/h1-6,8-9H;2-4H,1H3,(H,8,9,10);/q-1;;. The first-order valence-corrected chi connectivity index (χ1v) is 8.19. The van der Waals surface area contributed by atoms with Crippen LogP contribution in [0.5, 0.6) is 0 Å². The van der Waals surface area contributed by atoms with Crippen molar-refractivity contribution in [1.29, 1.82) is 0 Å². The van der Waals surface area contributed by atoms with Gasteiger partial charge in [-0.2, -0.15) is 8.42 Å². The van der Waals surface area contributed by atoms with Gasteiger partial charge in [-0.1, -0.05) is 18.2 Å². The van der Waals surface area contributed by atoms with Crippen LogP contribution in [0.25, 0.3) is 11.3 Å². The van der Waals surface area contributed by atoms with E-state index in [1.807, 2.05) is 42.5 Å². The number of hydrogen-bond donors (Lipinski definition) is 1. The molecule has 0 fully saturated rings. The molecule has 24 heavy (non-hydrogen) atoms. The molecule has 0 atom stereocenters. The van der Waals surface area contributed by atoms with Gasteiger partial charge in [0.2, 0.25) is 0 Å². The Labute approximate surface area is 154 Å². The van der Waals surface area contributed by atoms with E-state index in [2.05, 4.69) is 16.0 Å². The van der Waals surface area contributed by atoms with Crippen LogP contribution < -0.4 is 0 Å². The Morgan fingerprint density at radius 1 is 1.00 bits per heavy atom. The predicted octanol–water partition coefficient (Wildman–Crippen LogP) is 3.18. The average molecular weight is 520 g/mol. The summed E-state index contributed by atoms with van der Waals surface area (Å²) >= 11 is 0. The SMILES string of the molecule is Cc1ccc(S(=O)(=O)O)nc1.[Ir].[c-]1ccccc1-c1ccccn1. The van der Waals surface area contributed by atoms with Gasteiger partial charge in [-0.3, -0.25) is 4.55 Å². The van der Waals surface area contributed by atoms with E-state index in [0.717, 1.165) is 16.8 Å². The summed E-state index contributed by atoms with van der Waals surface area (Å²) in [5.74, 6) is 0. The molecule has 0 aliphatic heterocycles. The molecule has 0 saturated carbocycles. The summed E-state index contributed by atoms with van der Waals surface area (Å²) in [6, 6.07) is 19.6. The van der Waals surface area contributed by atoms with Crippen molar-refractivity contribution in [1.82, 2.24) is 9.97 Å². The van der Waals surface area contributed by atoms with E-state index in [9.17, 15) is 8.42 Å². The van der Waals surface area contributed by atoms with Gasteiger partial charge in [0.15, 0.2) is 5.03 Å². The third-order valence-corrected chi connectivity index (χ3v) is 3.57. The van der Waals surface area contributed by atoms with E-state index < -0.39 is 10.1 Å². The molecule has 1 N–H and O–H groups in total. The maximum absolute atomic E-state index is 10.4. The van der Waals surface area contributed by atoms with Crippen LogP contribution in [0.3, 0.4) is 0 Å².